The lowest BCUT2D eigenvalue weighted by molar-refractivity contribution is -0.384. The number of amides is 1. The number of nitrogens with zero attached hydrogens (tertiary/aromatic N) is 2. The minimum Gasteiger partial charge on any atom is -0.495 e. The highest BCUT2D eigenvalue weighted by Gasteiger charge is 2.19. The highest BCUT2D eigenvalue weighted by Crippen LogP contribution is 2.28. The fraction of sp³-hybridized carbons (Fsp3) is 0.533. The number of benzene rings is 1. The van der Waals surface area contributed by atoms with Gasteiger partial charge in [-0.1, -0.05) is 0 Å². The highest BCUT2D eigenvalue weighted by atomic mass is 16.6. The smallest absolute Gasteiger partial charge is 0.271 e. The second-order valence-corrected chi connectivity index (χ2v) is 5.53. The summed E-state index contributed by atoms with van der Waals surface area (Å²) in [5.74, 6) is 0.217. The van der Waals surface area contributed by atoms with Gasteiger partial charge in [0.15, 0.2) is 0 Å². The molecule has 126 valence electrons. The number of ether oxygens (including phenoxy) is 1. The van der Waals surface area contributed by atoms with Gasteiger partial charge in [0.2, 0.25) is 5.91 Å². The Kier molecular flexibility index (Phi) is 5.89. The molecule has 0 aromatic heterocycles. The summed E-state index contributed by atoms with van der Waals surface area (Å²) in [6.45, 7) is 5.53. The van der Waals surface area contributed by atoms with E-state index in [-0.39, 0.29) is 11.6 Å². The third-order valence-electron chi connectivity index (χ3n) is 3.93. The predicted molar refractivity (Wildman–Crippen MR) is 86.8 cm³/mol. The molecule has 1 amide bonds. The van der Waals surface area contributed by atoms with Crippen LogP contribution < -0.4 is 15.4 Å². The zero-order valence-electron chi connectivity index (χ0n) is 13.4. The number of non-ortho nitro benzene ring substituents is 1. The fourth-order valence-electron chi connectivity index (χ4n) is 2.58. The van der Waals surface area contributed by atoms with Gasteiger partial charge in [0.05, 0.1) is 17.7 Å². The number of nitro groups is 1. The molecule has 0 aliphatic carbocycles. The van der Waals surface area contributed by atoms with E-state index >= 15 is 0 Å². The molecule has 1 heterocycles. The van der Waals surface area contributed by atoms with Gasteiger partial charge in [0, 0.05) is 50.8 Å². The Morgan fingerprint density at radius 1 is 1.57 bits per heavy atom. The SMILES string of the molecule is COc1ccc([N+](=O)[O-])cc1NC(=O)CCN1CCNC[C@@H]1C. The Bertz CT molecular complexity index is 579. The Hall–Kier alpha value is -2.19. The molecule has 0 unspecified atom stereocenters. The fourth-order valence-corrected chi connectivity index (χ4v) is 2.58. The van der Waals surface area contributed by atoms with Crippen molar-refractivity contribution in [1.29, 1.82) is 0 Å². The Balaban J connectivity index is 1.96. The van der Waals surface area contributed by atoms with Gasteiger partial charge in [-0.05, 0) is 13.0 Å². The van der Waals surface area contributed by atoms with Crippen molar-refractivity contribution in [3.63, 3.8) is 0 Å². The number of carbonyl (C=O) groups is 1. The lowest BCUT2D eigenvalue weighted by Gasteiger charge is -2.33. The molecule has 1 saturated heterocycles. The number of methoxy groups -OCH3 is 1. The molecular formula is C15H22N4O4. The van der Waals surface area contributed by atoms with Crippen LogP contribution in [0.2, 0.25) is 0 Å². The first-order valence-electron chi connectivity index (χ1n) is 7.58. The van der Waals surface area contributed by atoms with E-state index in [4.69, 9.17) is 4.74 Å². The number of piperazine rings is 1. The average Bonchev–Trinajstić information content (AvgIpc) is 2.54. The summed E-state index contributed by atoms with van der Waals surface area (Å²) in [4.78, 5) is 24.7. The van der Waals surface area contributed by atoms with Crippen LogP contribution in [0.5, 0.6) is 5.75 Å². The highest BCUT2D eigenvalue weighted by molar-refractivity contribution is 5.92. The largest absolute Gasteiger partial charge is 0.495 e. The van der Waals surface area contributed by atoms with Crippen molar-refractivity contribution in [1.82, 2.24) is 10.2 Å². The summed E-state index contributed by atoms with van der Waals surface area (Å²) in [5.41, 5.74) is 0.233. The second kappa shape index (κ2) is 7.89. The van der Waals surface area contributed by atoms with Gasteiger partial charge in [-0.15, -0.1) is 0 Å². The van der Waals surface area contributed by atoms with E-state index < -0.39 is 4.92 Å². The van der Waals surface area contributed by atoms with Gasteiger partial charge >= 0.3 is 0 Å². The normalized spacial score (nSPS) is 18.4. The Labute approximate surface area is 134 Å². The van der Waals surface area contributed by atoms with Gasteiger partial charge in [-0.3, -0.25) is 19.8 Å². The van der Waals surface area contributed by atoms with Gasteiger partial charge in [-0.2, -0.15) is 0 Å². The lowest BCUT2D eigenvalue weighted by Crippen LogP contribution is -2.50. The number of nitro benzene ring substituents is 1. The number of rotatable bonds is 6. The standard InChI is InChI=1S/C15H22N4O4/c1-11-10-16-6-8-18(11)7-5-15(20)17-13-9-12(19(21)22)3-4-14(13)23-2/h3-4,9,11,16H,5-8,10H2,1-2H3,(H,17,20)/t11-/m0/s1. The number of carbonyl (C=O) groups excluding carboxylic acids is 1. The van der Waals surface area contributed by atoms with E-state index in [0.29, 0.717) is 30.4 Å². The summed E-state index contributed by atoms with van der Waals surface area (Å²) in [5, 5.41) is 16.8. The number of nitrogens with one attached hydrogen (secondary N) is 2. The van der Waals surface area contributed by atoms with E-state index in [1.165, 1.54) is 25.3 Å². The lowest BCUT2D eigenvalue weighted by atomic mass is 10.2. The summed E-state index contributed by atoms with van der Waals surface area (Å²) < 4.78 is 5.14. The van der Waals surface area contributed by atoms with Gasteiger partial charge in [0.25, 0.3) is 5.69 Å². The molecule has 0 saturated carbocycles. The van der Waals surface area contributed by atoms with Gasteiger partial charge < -0.3 is 15.4 Å². The van der Waals surface area contributed by atoms with Gasteiger partial charge in [-0.25, -0.2) is 0 Å². The molecule has 23 heavy (non-hydrogen) atoms. The van der Waals surface area contributed by atoms with Gasteiger partial charge in [0.1, 0.15) is 5.75 Å². The summed E-state index contributed by atoms with van der Waals surface area (Å²) in [6, 6.07) is 4.52. The topological polar surface area (TPSA) is 96.7 Å². The maximum atomic E-state index is 12.1. The van der Waals surface area contributed by atoms with E-state index in [2.05, 4.69) is 22.5 Å². The molecule has 1 aromatic carbocycles. The minimum atomic E-state index is -0.502. The third kappa shape index (κ3) is 4.64. The molecule has 1 aliphatic rings. The van der Waals surface area contributed by atoms with Crippen LogP contribution in [0.15, 0.2) is 18.2 Å². The summed E-state index contributed by atoms with van der Waals surface area (Å²) in [6.07, 6.45) is 0.330. The molecule has 8 nitrogen and oxygen atoms in total. The maximum absolute atomic E-state index is 12.1. The van der Waals surface area contributed by atoms with Crippen LogP contribution in [-0.2, 0) is 4.79 Å². The molecule has 2 N–H and O–H groups in total. The zero-order chi connectivity index (χ0) is 16.8. The molecule has 0 radical (unpaired) electrons. The first kappa shape index (κ1) is 17.2. The summed E-state index contributed by atoms with van der Waals surface area (Å²) in [7, 11) is 1.46. The minimum absolute atomic E-state index is 0.0863. The number of hydrogen-bond acceptors (Lipinski definition) is 6. The molecule has 1 aliphatic heterocycles. The van der Waals surface area contributed by atoms with Crippen LogP contribution in [0, 0.1) is 10.1 Å². The molecule has 2 rings (SSSR count). The van der Waals surface area contributed by atoms with Crippen LogP contribution >= 0.6 is 0 Å². The number of hydrogen-bond donors (Lipinski definition) is 2. The Morgan fingerprint density at radius 3 is 3.00 bits per heavy atom. The first-order chi connectivity index (χ1) is 11.0. The van der Waals surface area contributed by atoms with Crippen LogP contribution in [0.3, 0.4) is 0 Å². The monoisotopic (exact) mass is 322 g/mol. The Morgan fingerprint density at radius 2 is 2.35 bits per heavy atom. The van der Waals surface area contributed by atoms with Crippen molar-refractivity contribution in [2.24, 2.45) is 0 Å². The number of anilines is 1. The van der Waals surface area contributed by atoms with E-state index in [1.807, 2.05) is 0 Å². The first-order valence-corrected chi connectivity index (χ1v) is 7.58. The average molecular weight is 322 g/mol. The van der Waals surface area contributed by atoms with Crippen molar-refractivity contribution in [2.45, 2.75) is 19.4 Å². The molecular weight excluding hydrogens is 300 g/mol. The van der Waals surface area contributed by atoms with Crippen molar-refractivity contribution in [3.05, 3.63) is 28.3 Å². The van der Waals surface area contributed by atoms with Crippen LogP contribution in [0.4, 0.5) is 11.4 Å². The van der Waals surface area contributed by atoms with E-state index in [0.717, 1.165) is 19.6 Å². The maximum Gasteiger partial charge on any atom is 0.271 e. The zero-order valence-corrected chi connectivity index (χ0v) is 13.4. The summed E-state index contributed by atoms with van der Waals surface area (Å²) >= 11 is 0. The van der Waals surface area contributed by atoms with Crippen LogP contribution in [0.1, 0.15) is 13.3 Å². The second-order valence-electron chi connectivity index (χ2n) is 5.53. The van der Waals surface area contributed by atoms with Crippen LogP contribution in [-0.4, -0.2) is 55.1 Å². The van der Waals surface area contributed by atoms with Crippen molar-refractivity contribution < 1.29 is 14.5 Å². The molecule has 0 bridgehead atoms. The van der Waals surface area contributed by atoms with E-state index in [1.54, 1.807) is 0 Å². The van der Waals surface area contributed by atoms with E-state index in [9.17, 15) is 14.9 Å². The molecule has 1 atom stereocenters. The predicted octanol–water partition coefficient (Wildman–Crippen LogP) is 1.23. The molecule has 1 fully saturated rings. The molecule has 0 spiro atoms. The van der Waals surface area contributed by atoms with Crippen molar-refractivity contribution in [2.75, 3.05) is 38.6 Å². The van der Waals surface area contributed by atoms with Crippen LogP contribution in [0.25, 0.3) is 0 Å². The molecule has 1 aromatic rings. The third-order valence-corrected chi connectivity index (χ3v) is 3.93. The van der Waals surface area contributed by atoms with Crippen molar-refractivity contribution >= 4 is 17.3 Å². The molecule has 8 heteroatoms. The van der Waals surface area contributed by atoms with Crippen molar-refractivity contribution in [3.8, 4) is 5.75 Å². The quantitative estimate of drug-likeness (QED) is 0.604.